The van der Waals surface area contributed by atoms with Crippen molar-refractivity contribution in [1.82, 2.24) is 14.7 Å². The standard InChI is InChI=1S/C19H20Cl2N4O2S/c1-4-7-25(10-17(26)22-15-8-12(20)5-6-14(15)21)18(27)16-9-13-11(2)23-24(3)19(13)28-16/h5-6,8-9H,4,7,10H2,1-3H3,(H,22,26). The van der Waals surface area contributed by atoms with Crippen molar-refractivity contribution in [3.8, 4) is 0 Å². The summed E-state index contributed by atoms with van der Waals surface area (Å²) in [5.41, 5.74) is 1.30. The summed E-state index contributed by atoms with van der Waals surface area (Å²) >= 11 is 13.4. The van der Waals surface area contributed by atoms with E-state index in [-0.39, 0.29) is 18.4 Å². The highest BCUT2D eigenvalue weighted by Crippen LogP contribution is 2.29. The number of anilines is 1. The molecule has 0 aliphatic heterocycles. The molecule has 0 atom stereocenters. The molecule has 0 fully saturated rings. The zero-order valence-electron chi connectivity index (χ0n) is 15.8. The fourth-order valence-electron chi connectivity index (χ4n) is 2.95. The number of nitrogens with one attached hydrogen (secondary N) is 1. The number of fused-ring (bicyclic) bond motifs is 1. The normalized spacial score (nSPS) is 11.0. The Bertz CT molecular complexity index is 1010. The molecule has 28 heavy (non-hydrogen) atoms. The van der Waals surface area contributed by atoms with Gasteiger partial charge in [-0.1, -0.05) is 30.1 Å². The van der Waals surface area contributed by atoms with Crippen molar-refractivity contribution in [1.29, 1.82) is 0 Å². The minimum atomic E-state index is -0.329. The van der Waals surface area contributed by atoms with Gasteiger partial charge in [-0.05, 0) is 37.6 Å². The Hall–Kier alpha value is -2.09. The van der Waals surface area contributed by atoms with Crippen LogP contribution in [-0.2, 0) is 11.8 Å². The average Bonchev–Trinajstić information content (AvgIpc) is 3.19. The summed E-state index contributed by atoms with van der Waals surface area (Å²) < 4.78 is 1.77. The topological polar surface area (TPSA) is 67.2 Å². The van der Waals surface area contributed by atoms with E-state index in [1.54, 1.807) is 27.8 Å². The SMILES string of the molecule is CCCN(CC(=O)Nc1cc(Cl)ccc1Cl)C(=O)c1cc2c(C)nn(C)c2s1. The zero-order valence-corrected chi connectivity index (χ0v) is 18.1. The minimum absolute atomic E-state index is 0.0685. The van der Waals surface area contributed by atoms with E-state index in [1.807, 2.05) is 27.0 Å². The number of amides is 2. The highest BCUT2D eigenvalue weighted by atomic mass is 35.5. The number of carbonyl (C=O) groups excluding carboxylic acids is 2. The third kappa shape index (κ3) is 4.32. The van der Waals surface area contributed by atoms with Crippen LogP contribution in [0.4, 0.5) is 5.69 Å². The van der Waals surface area contributed by atoms with E-state index in [9.17, 15) is 9.59 Å². The molecule has 2 heterocycles. The molecule has 0 radical (unpaired) electrons. The number of nitrogens with zero attached hydrogens (tertiary/aromatic N) is 3. The van der Waals surface area contributed by atoms with Crippen molar-refractivity contribution in [2.45, 2.75) is 20.3 Å². The molecule has 3 aromatic rings. The smallest absolute Gasteiger partial charge is 0.264 e. The Labute approximate surface area is 177 Å². The van der Waals surface area contributed by atoms with E-state index in [0.717, 1.165) is 22.3 Å². The van der Waals surface area contributed by atoms with Gasteiger partial charge in [0.25, 0.3) is 5.91 Å². The van der Waals surface area contributed by atoms with E-state index in [1.165, 1.54) is 11.3 Å². The first kappa shape index (κ1) is 20.6. The van der Waals surface area contributed by atoms with Crippen LogP contribution in [0.1, 0.15) is 28.7 Å². The van der Waals surface area contributed by atoms with Crippen molar-refractivity contribution in [3.05, 3.63) is 44.9 Å². The second-order valence-corrected chi connectivity index (χ2v) is 8.31. The largest absolute Gasteiger partial charge is 0.329 e. The molecule has 2 aromatic heterocycles. The molecule has 0 bridgehead atoms. The first-order valence-corrected chi connectivity index (χ1v) is 10.3. The fraction of sp³-hybridized carbons (Fsp3) is 0.316. The van der Waals surface area contributed by atoms with Gasteiger partial charge in [-0.3, -0.25) is 14.3 Å². The molecule has 2 amide bonds. The minimum Gasteiger partial charge on any atom is -0.329 e. The van der Waals surface area contributed by atoms with Gasteiger partial charge in [-0.25, -0.2) is 0 Å². The van der Waals surface area contributed by atoms with Crippen LogP contribution in [0.5, 0.6) is 0 Å². The van der Waals surface area contributed by atoms with Crippen LogP contribution in [0.25, 0.3) is 10.2 Å². The Morgan fingerprint density at radius 2 is 2.04 bits per heavy atom. The van der Waals surface area contributed by atoms with Crippen molar-refractivity contribution in [2.75, 3.05) is 18.4 Å². The second-order valence-electron chi connectivity index (χ2n) is 6.44. The van der Waals surface area contributed by atoms with Crippen molar-refractivity contribution < 1.29 is 9.59 Å². The Kier molecular flexibility index (Phi) is 6.27. The summed E-state index contributed by atoms with van der Waals surface area (Å²) in [5.74, 6) is -0.500. The molecular weight excluding hydrogens is 419 g/mol. The number of hydrogen-bond donors (Lipinski definition) is 1. The molecule has 0 saturated heterocycles. The summed E-state index contributed by atoms with van der Waals surface area (Å²) in [6.45, 7) is 4.28. The first-order chi connectivity index (χ1) is 13.3. The number of halogens is 2. The van der Waals surface area contributed by atoms with Gasteiger partial charge < -0.3 is 10.2 Å². The molecule has 0 saturated carbocycles. The van der Waals surface area contributed by atoms with Crippen LogP contribution < -0.4 is 5.32 Å². The molecule has 0 aliphatic rings. The number of aryl methyl sites for hydroxylation is 2. The lowest BCUT2D eigenvalue weighted by molar-refractivity contribution is -0.116. The van der Waals surface area contributed by atoms with Crippen molar-refractivity contribution in [2.24, 2.45) is 7.05 Å². The van der Waals surface area contributed by atoms with Gasteiger partial charge in [0.05, 0.1) is 21.3 Å². The van der Waals surface area contributed by atoms with E-state index in [4.69, 9.17) is 23.2 Å². The molecule has 0 spiro atoms. The maximum Gasteiger partial charge on any atom is 0.264 e. The van der Waals surface area contributed by atoms with Gasteiger partial charge in [0.2, 0.25) is 5.91 Å². The van der Waals surface area contributed by atoms with Gasteiger partial charge in [-0.15, -0.1) is 11.3 Å². The third-order valence-corrected chi connectivity index (χ3v) is 5.98. The molecule has 0 aliphatic carbocycles. The Morgan fingerprint density at radius 3 is 2.71 bits per heavy atom. The van der Waals surface area contributed by atoms with Crippen LogP contribution in [0, 0.1) is 6.92 Å². The quantitative estimate of drug-likeness (QED) is 0.603. The van der Waals surface area contributed by atoms with E-state index in [2.05, 4.69) is 10.4 Å². The Morgan fingerprint density at radius 1 is 1.29 bits per heavy atom. The van der Waals surface area contributed by atoms with Gasteiger partial charge in [0.1, 0.15) is 11.4 Å². The lowest BCUT2D eigenvalue weighted by atomic mass is 10.2. The summed E-state index contributed by atoms with van der Waals surface area (Å²) in [6, 6.07) is 6.68. The number of benzene rings is 1. The molecule has 9 heteroatoms. The summed E-state index contributed by atoms with van der Waals surface area (Å²) in [7, 11) is 1.85. The zero-order chi connectivity index (χ0) is 20.4. The third-order valence-electron chi connectivity index (χ3n) is 4.22. The van der Waals surface area contributed by atoms with Gasteiger partial charge in [0.15, 0.2) is 0 Å². The second kappa shape index (κ2) is 8.51. The summed E-state index contributed by atoms with van der Waals surface area (Å²) in [4.78, 5) is 28.6. The maximum atomic E-state index is 13.0. The van der Waals surface area contributed by atoms with Crippen molar-refractivity contribution >= 4 is 62.3 Å². The molecule has 3 rings (SSSR count). The van der Waals surface area contributed by atoms with Gasteiger partial charge in [-0.2, -0.15) is 5.10 Å². The molecular formula is C19H20Cl2N4O2S. The van der Waals surface area contributed by atoms with Crippen LogP contribution in [-0.4, -0.2) is 39.6 Å². The summed E-state index contributed by atoms with van der Waals surface area (Å²) in [5, 5.41) is 8.90. The highest BCUT2D eigenvalue weighted by Gasteiger charge is 2.22. The van der Waals surface area contributed by atoms with Crippen LogP contribution in [0.15, 0.2) is 24.3 Å². The monoisotopic (exact) mass is 438 g/mol. The number of carbonyl (C=O) groups is 2. The number of hydrogen-bond acceptors (Lipinski definition) is 4. The number of rotatable bonds is 6. The molecule has 1 aromatic carbocycles. The van der Waals surface area contributed by atoms with Crippen LogP contribution in [0.2, 0.25) is 10.0 Å². The highest BCUT2D eigenvalue weighted by molar-refractivity contribution is 7.20. The van der Waals surface area contributed by atoms with Crippen LogP contribution >= 0.6 is 34.5 Å². The van der Waals surface area contributed by atoms with E-state index in [0.29, 0.717) is 27.2 Å². The van der Waals surface area contributed by atoms with E-state index >= 15 is 0 Å². The number of thiophene rings is 1. The lowest BCUT2D eigenvalue weighted by Crippen LogP contribution is -2.38. The average molecular weight is 439 g/mol. The molecule has 6 nitrogen and oxygen atoms in total. The Balaban J connectivity index is 1.77. The molecule has 148 valence electrons. The predicted octanol–water partition coefficient (Wildman–Crippen LogP) is 4.74. The van der Waals surface area contributed by atoms with Gasteiger partial charge in [0, 0.05) is 24.0 Å². The molecule has 0 unspecified atom stereocenters. The lowest BCUT2D eigenvalue weighted by Gasteiger charge is -2.21. The number of aromatic nitrogens is 2. The predicted molar refractivity (Wildman–Crippen MR) is 115 cm³/mol. The van der Waals surface area contributed by atoms with Crippen molar-refractivity contribution in [3.63, 3.8) is 0 Å². The fourth-order valence-corrected chi connectivity index (χ4v) is 4.37. The molecule has 1 N–H and O–H groups in total. The maximum absolute atomic E-state index is 13.0. The van der Waals surface area contributed by atoms with Crippen LogP contribution in [0.3, 0.4) is 0 Å². The summed E-state index contributed by atoms with van der Waals surface area (Å²) in [6.07, 6.45) is 0.739. The van der Waals surface area contributed by atoms with Gasteiger partial charge >= 0.3 is 0 Å². The first-order valence-electron chi connectivity index (χ1n) is 8.77. The van der Waals surface area contributed by atoms with E-state index < -0.39 is 0 Å².